The van der Waals surface area contributed by atoms with Crippen molar-refractivity contribution in [2.75, 3.05) is 32.1 Å². The third kappa shape index (κ3) is 5.81. The van der Waals surface area contributed by atoms with E-state index >= 15 is 0 Å². The first-order valence-electron chi connectivity index (χ1n) is 10.1. The number of benzene rings is 2. The fourth-order valence-electron chi connectivity index (χ4n) is 3.71. The first kappa shape index (κ1) is 20.9. The second-order valence-electron chi connectivity index (χ2n) is 7.35. The summed E-state index contributed by atoms with van der Waals surface area (Å²) in [6.07, 6.45) is 3.63. The number of nitrogens with zero attached hydrogens (tertiary/aromatic N) is 1. The molecule has 0 unspecified atom stereocenters. The van der Waals surface area contributed by atoms with E-state index in [4.69, 9.17) is 4.74 Å². The number of hydrogen-bond acceptors (Lipinski definition) is 4. The van der Waals surface area contributed by atoms with Gasteiger partial charge in [0.1, 0.15) is 5.75 Å². The van der Waals surface area contributed by atoms with Crippen molar-refractivity contribution < 1.29 is 14.3 Å². The van der Waals surface area contributed by atoms with Gasteiger partial charge >= 0.3 is 0 Å². The van der Waals surface area contributed by atoms with Gasteiger partial charge in [-0.15, -0.1) is 0 Å². The summed E-state index contributed by atoms with van der Waals surface area (Å²) in [6.45, 7) is 4.08. The fourth-order valence-corrected chi connectivity index (χ4v) is 3.71. The summed E-state index contributed by atoms with van der Waals surface area (Å²) in [5.41, 5.74) is 2.43. The first-order valence-corrected chi connectivity index (χ1v) is 10.1. The van der Waals surface area contributed by atoms with E-state index in [0.29, 0.717) is 17.8 Å². The molecule has 1 fully saturated rings. The zero-order valence-electron chi connectivity index (χ0n) is 17.1. The molecule has 1 atom stereocenters. The molecule has 2 aromatic carbocycles. The van der Waals surface area contributed by atoms with E-state index in [1.54, 1.807) is 31.4 Å². The van der Waals surface area contributed by atoms with Crippen LogP contribution in [0.5, 0.6) is 5.75 Å². The molecule has 29 heavy (non-hydrogen) atoms. The highest BCUT2D eigenvalue weighted by atomic mass is 16.5. The first-order chi connectivity index (χ1) is 14.1. The lowest BCUT2D eigenvalue weighted by Gasteiger charge is -2.35. The van der Waals surface area contributed by atoms with Crippen LogP contribution in [0.2, 0.25) is 0 Å². The molecule has 1 heterocycles. The van der Waals surface area contributed by atoms with E-state index in [-0.39, 0.29) is 17.9 Å². The van der Waals surface area contributed by atoms with Crippen molar-refractivity contribution in [2.24, 2.45) is 0 Å². The van der Waals surface area contributed by atoms with Gasteiger partial charge in [-0.1, -0.05) is 18.6 Å². The second-order valence-corrected chi connectivity index (χ2v) is 7.35. The number of ether oxygens (including phenoxy) is 1. The molecule has 0 aliphatic carbocycles. The molecule has 1 saturated heterocycles. The maximum atomic E-state index is 12.7. The smallest absolute Gasteiger partial charge is 0.251 e. The van der Waals surface area contributed by atoms with Gasteiger partial charge in [-0.05, 0) is 67.9 Å². The van der Waals surface area contributed by atoms with Crippen molar-refractivity contribution in [3.8, 4) is 5.75 Å². The predicted molar refractivity (Wildman–Crippen MR) is 114 cm³/mol. The minimum atomic E-state index is -0.133. The summed E-state index contributed by atoms with van der Waals surface area (Å²) in [6, 6.07) is 15.1. The molecule has 6 heteroatoms. The molecule has 6 nitrogen and oxygen atoms in total. The Kier molecular flexibility index (Phi) is 7.25. The molecule has 0 saturated carbocycles. The Morgan fingerprint density at radius 3 is 2.24 bits per heavy atom. The maximum absolute atomic E-state index is 12.7. The Morgan fingerprint density at radius 2 is 1.66 bits per heavy atom. The number of nitrogens with one attached hydrogen (secondary N) is 2. The van der Waals surface area contributed by atoms with Crippen LogP contribution < -0.4 is 15.4 Å². The lowest BCUT2D eigenvalue weighted by molar-refractivity contribution is -0.114. The fraction of sp³-hybridized carbons (Fsp3) is 0.391. The average Bonchev–Trinajstić information content (AvgIpc) is 2.75. The normalized spacial score (nSPS) is 15.4. The monoisotopic (exact) mass is 395 g/mol. The maximum Gasteiger partial charge on any atom is 0.251 e. The van der Waals surface area contributed by atoms with E-state index in [0.717, 1.165) is 18.8 Å². The van der Waals surface area contributed by atoms with Crippen LogP contribution in [-0.2, 0) is 4.79 Å². The molecule has 154 valence electrons. The Balaban J connectivity index is 1.68. The number of amides is 2. The van der Waals surface area contributed by atoms with Crippen LogP contribution in [0, 0.1) is 0 Å². The van der Waals surface area contributed by atoms with Gasteiger partial charge in [0.15, 0.2) is 0 Å². The van der Waals surface area contributed by atoms with Crippen molar-refractivity contribution in [1.29, 1.82) is 0 Å². The summed E-state index contributed by atoms with van der Waals surface area (Å²) in [5, 5.41) is 5.79. The minimum absolute atomic E-state index is 0.116. The zero-order chi connectivity index (χ0) is 20.6. The predicted octanol–water partition coefficient (Wildman–Crippen LogP) is 3.61. The van der Waals surface area contributed by atoms with Gasteiger partial charge in [-0.2, -0.15) is 0 Å². The quantitative estimate of drug-likeness (QED) is 0.751. The molecule has 0 spiro atoms. The van der Waals surface area contributed by atoms with E-state index in [9.17, 15) is 9.59 Å². The third-order valence-corrected chi connectivity index (χ3v) is 5.26. The molecule has 2 N–H and O–H groups in total. The zero-order valence-corrected chi connectivity index (χ0v) is 17.1. The summed E-state index contributed by atoms with van der Waals surface area (Å²) in [5.74, 6) is 0.579. The van der Waals surface area contributed by atoms with Crippen LogP contribution in [0.15, 0.2) is 48.5 Å². The van der Waals surface area contributed by atoms with Crippen LogP contribution >= 0.6 is 0 Å². The summed E-state index contributed by atoms with van der Waals surface area (Å²) in [7, 11) is 1.66. The van der Waals surface area contributed by atoms with Crippen molar-refractivity contribution in [3.63, 3.8) is 0 Å². The highest BCUT2D eigenvalue weighted by Gasteiger charge is 2.23. The number of rotatable bonds is 7. The van der Waals surface area contributed by atoms with Crippen molar-refractivity contribution in [2.45, 2.75) is 32.2 Å². The largest absolute Gasteiger partial charge is 0.497 e. The van der Waals surface area contributed by atoms with Crippen molar-refractivity contribution >= 4 is 17.5 Å². The van der Waals surface area contributed by atoms with Gasteiger partial charge < -0.3 is 15.4 Å². The van der Waals surface area contributed by atoms with Gasteiger partial charge in [-0.3, -0.25) is 14.5 Å². The highest BCUT2D eigenvalue weighted by Crippen LogP contribution is 2.26. The Bertz CT molecular complexity index is 812. The summed E-state index contributed by atoms with van der Waals surface area (Å²) >= 11 is 0. The molecule has 1 aliphatic rings. The van der Waals surface area contributed by atoms with Crippen LogP contribution in [0.4, 0.5) is 5.69 Å². The van der Waals surface area contributed by atoms with Gasteiger partial charge in [-0.25, -0.2) is 0 Å². The highest BCUT2D eigenvalue weighted by molar-refractivity contribution is 5.95. The lowest BCUT2D eigenvalue weighted by atomic mass is 10.0. The molecule has 2 aromatic rings. The van der Waals surface area contributed by atoms with E-state index in [1.165, 1.54) is 31.7 Å². The van der Waals surface area contributed by atoms with Gasteiger partial charge in [0.2, 0.25) is 5.91 Å². The van der Waals surface area contributed by atoms with E-state index < -0.39 is 0 Å². The molecule has 0 radical (unpaired) electrons. The Hall–Kier alpha value is -2.86. The lowest BCUT2D eigenvalue weighted by Crippen LogP contribution is -2.40. The third-order valence-electron chi connectivity index (χ3n) is 5.26. The van der Waals surface area contributed by atoms with Crippen LogP contribution in [0.25, 0.3) is 0 Å². The number of anilines is 1. The molecule has 3 rings (SSSR count). The minimum Gasteiger partial charge on any atom is -0.497 e. The topological polar surface area (TPSA) is 70.7 Å². The number of carbonyl (C=O) groups is 2. The van der Waals surface area contributed by atoms with Crippen molar-refractivity contribution in [3.05, 3.63) is 59.7 Å². The number of methoxy groups -OCH3 is 1. The van der Waals surface area contributed by atoms with Gasteiger partial charge in [0.25, 0.3) is 5.91 Å². The molecular weight excluding hydrogens is 366 g/mol. The van der Waals surface area contributed by atoms with Crippen LogP contribution in [-0.4, -0.2) is 43.5 Å². The molecule has 0 aromatic heterocycles. The van der Waals surface area contributed by atoms with Crippen LogP contribution in [0.3, 0.4) is 0 Å². The Morgan fingerprint density at radius 1 is 1.00 bits per heavy atom. The average molecular weight is 396 g/mol. The number of likely N-dealkylation sites (tertiary alicyclic amines) is 1. The molecular formula is C23H29N3O3. The number of piperidine rings is 1. The molecule has 2 amide bonds. The molecule has 1 aliphatic heterocycles. The SMILES string of the molecule is COc1ccc([C@H](CNC(=O)c2ccc(NC(C)=O)cc2)N2CCCCC2)cc1. The second kappa shape index (κ2) is 10.1. The summed E-state index contributed by atoms with van der Waals surface area (Å²) in [4.78, 5) is 26.2. The van der Waals surface area contributed by atoms with E-state index in [1.807, 2.05) is 12.1 Å². The molecule has 0 bridgehead atoms. The number of carbonyl (C=O) groups excluding carboxylic acids is 2. The number of hydrogen-bond donors (Lipinski definition) is 2. The van der Waals surface area contributed by atoms with Crippen LogP contribution in [0.1, 0.15) is 48.1 Å². The van der Waals surface area contributed by atoms with Crippen molar-refractivity contribution in [1.82, 2.24) is 10.2 Å². The van der Waals surface area contributed by atoms with E-state index in [2.05, 4.69) is 27.7 Å². The van der Waals surface area contributed by atoms with Gasteiger partial charge in [0.05, 0.1) is 13.2 Å². The summed E-state index contributed by atoms with van der Waals surface area (Å²) < 4.78 is 5.27. The van der Waals surface area contributed by atoms with Gasteiger partial charge in [0, 0.05) is 24.7 Å². The standard InChI is InChI=1S/C23H29N3O3/c1-17(27)25-20-10-6-19(7-11-20)23(28)24-16-22(26-14-4-3-5-15-26)18-8-12-21(29-2)13-9-18/h6-13,22H,3-5,14-16H2,1-2H3,(H,24,28)(H,25,27)/t22-/m0/s1. The Labute approximate surface area is 172 Å².